The van der Waals surface area contributed by atoms with Gasteiger partial charge in [-0.3, -0.25) is 9.59 Å². The highest BCUT2D eigenvalue weighted by Crippen LogP contribution is 2.33. The summed E-state index contributed by atoms with van der Waals surface area (Å²) in [5.74, 6) is -0.775. The first kappa shape index (κ1) is 14.2. The summed E-state index contributed by atoms with van der Waals surface area (Å²) in [6.07, 6.45) is 3.87. The molecule has 0 saturated carbocycles. The molecule has 0 amide bonds. The lowest BCUT2D eigenvalue weighted by Crippen LogP contribution is -2.37. The Bertz CT molecular complexity index is 603. The zero-order valence-electron chi connectivity index (χ0n) is 11.7. The number of allylic oxidation sites excluding steroid dienone is 2. The van der Waals surface area contributed by atoms with Crippen LogP contribution >= 0.6 is 11.6 Å². The molecule has 0 aromatic heterocycles. The number of Topliss-reactive ketones (excluding diaryl/α,β-unsaturated/α-hetero) is 2. The monoisotopic (exact) mass is 305 g/mol. The molecule has 6 heteroatoms. The van der Waals surface area contributed by atoms with Crippen molar-refractivity contribution in [3.63, 3.8) is 0 Å². The SMILES string of the molecule is N#CC1=C(N2CCCC2)C(=O)C(Cl)=C(N2CCCC2)C1=O. The molecule has 2 heterocycles. The molecule has 3 rings (SSSR count). The van der Waals surface area contributed by atoms with Crippen LogP contribution in [0.4, 0.5) is 0 Å². The molecular formula is C15H16ClN3O2. The van der Waals surface area contributed by atoms with Crippen LogP contribution in [-0.2, 0) is 9.59 Å². The molecule has 5 nitrogen and oxygen atoms in total. The molecule has 0 N–H and O–H groups in total. The van der Waals surface area contributed by atoms with Crippen molar-refractivity contribution in [2.75, 3.05) is 26.2 Å². The van der Waals surface area contributed by atoms with Gasteiger partial charge < -0.3 is 9.80 Å². The summed E-state index contributed by atoms with van der Waals surface area (Å²) in [6.45, 7) is 2.82. The molecule has 110 valence electrons. The van der Waals surface area contributed by atoms with Crippen molar-refractivity contribution < 1.29 is 9.59 Å². The highest BCUT2D eigenvalue weighted by molar-refractivity contribution is 6.49. The highest BCUT2D eigenvalue weighted by atomic mass is 35.5. The average molecular weight is 306 g/mol. The van der Waals surface area contributed by atoms with Gasteiger partial charge in [0.1, 0.15) is 28.1 Å². The summed E-state index contributed by atoms with van der Waals surface area (Å²) in [7, 11) is 0. The summed E-state index contributed by atoms with van der Waals surface area (Å²) >= 11 is 6.20. The zero-order valence-corrected chi connectivity index (χ0v) is 12.4. The number of hydrogen-bond acceptors (Lipinski definition) is 5. The molecule has 2 saturated heterocycles. The zero-order chi connectivity index (χ0) is 15.0. The topological polar surface area (TPSA) is 64.4 Å². The quantitative estimate of drug-likeness (QED) is 0.724. The van der Waals surface area contributed by atoms with Crippen molar-refractivity contribution in [1.82, 2.24) is 9.80 Å². The predicted molar refractivity (Wildman–Crippen MR) is 77.1 cm³/mol. The van der Waals surface area contributed by atoms with Gasteiger partial charge in [0, 0.05) is 26.2 Å². The fourth-order valence-electron chi connectivity index (χ4n) is 3.22. The van der Waals surface area contributed by atoms with E-state index in [1.165, 1.54) is 0 Å². The Morgan fingerprint density at radius 1 is 0.857 bits per heavy atom. The number of carbonyl (C=O) groups excluding carboxylic acids is 2. The van der Waals surface area contributed by atoms with Crippen LogP contribution in [0.15, 0.2) is 22.0 Å². The van der Waals surface area contributed by atoms with Gasteiger partial charge in [-0.15, -0.1) is 0 Å². The molecule has 0 bridgehead atoms. The van der Waals surface area contributed by atoms with Gasteiger partial charge in [-0.2, -0.15) is 5.26 Å². The van der Waals surface area contributed by atoms with Crippen LogP contribution in [0.5, 0.6) is 0 Å². The van der Waals surface area contributed by atoms with Crippen molar-refractivity contribution in [1.29, 1.82) is 5.26 Å². The normalized spacial score (nSPS) is 23.4. The second-order valence-corrected chi connectivity index (χ2v) is 5.92. The van der Waals surface area contributed by atoms with Crippen molar-refractivity contribution in [3.8, 4) is 6.07 Å². The minimum atomic E-state index is -0.397. The van der Waals surface area contributed by atoms with Crippen LogP contribution in [0.1, 0.15) is 25.7 Å². The Labute approximate surface area is 128 Å². The maximum atomic E-state index is 12.6. The molecule has 2 aliphatic heterocycles. The third-order valence-electron chi connectivity index (χ3n) is 4.26. The second kappa shape index (κ2) is 5.53. The molecule has 0 aromatic carbocycles. The maximum absolute atomic E-state index is 12.6. The van der Waals surface area contributed by atoms with E-state index in [1.807, 2.05) is 15.9 Å². The first-order chi connectivity index (χ1) is 10.1. The lowest BCUT2D eigenvalue weighted by Gasteiger charge is -2.29. The Morgan fingerprint density at radius 2 is 1.33 bits per heavy atom. The predicted octanol–water partition coefficient (Wildman–Crippen LogP) is 1.56. The fourth-order valence-corrected chi connectivity index (χ4v) is 3.51. The van der Waals surface area contributed by atoms with Crippen molar-refractivity contribution in [3.05, 3.63) is 22.0 Å². The van der Waals surface area contributed by atoms with Crippen molar-refractivity contribution in [2.24, 2.45) is 0 Å². The number of hydrogen-bond donors (Lipinski definition) is 0. The molecule has 3 aliphatic rings. The van der Waals surface area contributed by atoms with Crippen LogP contribution in [0.3, 0.4) is 0 Å². The Hall–Kier alpha value is -1.80. The largest absolute Gasteiger partial charge is 0.367 e. The minimum Gasteiger partial charge on any atom is -0.367 e. The molecule has 0 spiro atoms. The fraction of sp³-hybridized carbons (Fsp3) is 0.533. The molecule has 21 heavy (non-hydrogen) atoms. The van der Waals surface area contributed by atoms with E-state index in [1.54, 1.807) is 0 Å². The van der Waals surface area contributed by atoms with Gasteiger partial charge in [-0.25, -0.2) is 0 Å². The summed E-state index contributed by atoms with van der Waals surface area (Å²) in [4.78, 5) is 28.9. The lowest BCUT2D eigenvalue weighted by molar-refractivity contribution is -0.117. The minimum absolute atomic E-state index is 0.0252. The van der Waals surface area contributed by atoms with E-state index in [2.05, 4.69) is 0 Å². The van der Waals surface area contributed by atoms with Crippen LogP contribution in [-0.4, -0.2) is 47.5 Å². The van der Waals surface area contributed by atoms with Crippen molar-refractivity contribution in [2.45, 2.75) is 25.7 Å². The summed E-state index contributed by atoms with van der Waals surface area (Å²) < 4.78 is 0. The van der Waals surface area contributed by atoms with E-state index >= 15 is 0 Å². The number of nitriles is 1. The number of nitrogens with zero attached hydrogens (tertiary/aromatic N) is 3. The molecular weight excluding hydrogens is 290 g/mol. The number of likely N-dealkylation sites (tertiary alicyclic amines) is 2. The first-order valence-electron chi connectivity index (χ1n) is 7.28. The van der Waals surface area contributed by atoms with E-state index in [9.17, 15) is 14.9 Å². The van der Waals surface area contributed by atoms with Gasteiger partial charge in [-0.1, -0.05) is 11.6 Å². The number of ketones is 2. The summed E-state index contributed by atoms with van der Waals surface area (Å²) in [6, 6.07) is 1.93. The van der Waals surface area contributed by atoms with Gasteiger partial charge in [0.25, 0.3) is 0 Å². The highest BCUT2D eigenvalue weighted by Gasteiger charge is 2.40. The summed E-state index contributed by atoms with van der Waals surface area (Å²) in [5, 5.41) is 9.34. The molecule has 1 aliphatic carbocycles. The number of carbonyl (C=O) groups is 2. The van der Waals surface area contributed by atoms with E-state index < -0.39 is 5.78 Å². The van der Waals surface area contributed by atoms with Crippen LogP contribution in [0, 0.1) is 11.3 Å². The van der Waals surface area contributed by atoms with Gasteiger partial charge in [0.2, 0.25) is 11.6 Å². The van der Waals surface area contributed by atoms with E-state index in [-0.39, 0.29) is 27.8 Å². The van der Waals surface area contributed by atoms with Gasteiger partial charge in [0.15, 0.2) is 0 Å². The third kappa shape index (κ3) is 2.24. The Morgan fingerprint density at radius 3 is 1.81 bits per heavy atom. The Balaban J connectivity index is 2.03. The van der Waals surface area contributed by atoms with Crippen LogP contribution < -0.4 is 0 Å². The molecule has 0 atom stereocenters. The summed E-state index contributed by atoms with van der Waals surface area (Å²) in [5.41, 5.74) is 0.375. The number of halogens is 1. The lowest BCUT2D eigenvalue weighted by atomic mass is 9.96. The standard InChI is InChI=1S/C15H16ClN3O2/c16-11-13(19-7-3-4-8-19)14(20)10(9-17)12(15(11)21)18-5-1-2-6-18/h1-8H2. The Kier molecular flexibility index (Phi) is 3.73. The molecule has 0 radical (unpaired) electrons. The van der Waals surface area contributed by atoms with Crippen LogP contribution in [0.2, 0.25) is 0 Å². The first-order valence-corrected chi connectivity index (χ1v) is 7.66. The van der Waals surface area contributed by atoms with E-state index in [0.717, 1.165) is 25.7 Å². The number of rotatable bonds is 2. The molecule has 0 aromatic rings. The van der Waals surface area contributed by atoms with Gasteiger partial charge >= 0.3 is 0 Å². The van der Waals surface area contributed by atoms with Crippen molar-refractivity contribution >= 4 is 23.2 Å². The van der Waals surface area contributed by atoms with Crippen LogP contribution in [0.25, 0.3) is 0 Å². The van der Waals surface area contributed by atoms with E-state index in [0.29, 0.717) is 26.2 Å². The third-order valence-corrected chi connectivity index (χ3v) is 4.61. The second-order valence-electron chi connectivity index (χ2n) is 5.54. The smallest absolute Gasteiger partial charge is 0.224 e. The van der Waals surface area contributed by atoms with Gasteiger partial charge in [-0.05, 0) is 25.7 Å². The van der Waals surface area contributed by atoms with E-state index in [4.69, 9.17) is 11.6 Å². The maximum Gasteiger partial charge on any atom is 0.224 e. The van der Waals surface area contributed by atoms with Gasteiger partial charge in [0.05, 0.1) is 0 Å². The average Bonchev–Trinajstić information content (AvgIpc) is 3.15. The molecule has 0 unspecified atom stereocenters. The molecule has 2 fully saturated rings.